The maximum Gasteiger partial charge on any atom is 0.162 e. The lowest BCUT2D eigenvalue weighted by molar-refractivity contribution is -0.180. The summed E-state index contributed by atoms with van der Waals surface area (Å²) in [6.45, 7) is 0. The van der Waals surface area contributed by atoms with Crippen LogP contribution in [-0.4, -0.2) is 16.0 Å². The van der Waals surface area contributed by atoms with Gasteiger partial charge in [0.1, 0.15) is 0 Å². The molecule has 2 saturated carbocycles. The Morgan fingerprint density at radius 1 is 0.538 bits per heavy atom. The minimum absolute atomic E-state index is 0.562. The van der Waals surface area contributed by atoms with Gasteiger partial charge in [0.05, 0.1) is 0 Å². The van der Waals surface area contributed by atoms with Gasteiger partial charge in [-0.2, -0.15) is 0 Å². The van der Waals surface area contributed by atoms with E-state index < -0.39 is 5.79 Å². The van der Waals surface area contributed by atoms with Crippen LogP contribution in [0, 0.1) is 0 Å². The highest BCUT2D eigenvalue weighted by Crippen LogP contribution is 2.24. The third kappa shape index (κ3) is 5.27. The van der Waals surface area contributed by atoms with Crippen LogP contribution >= 0.6 is 0 Å². The summed E-state index contributed by atoms with van der Waals surface area (Å²) in [5.41, 5.74) is 0. The molecule has 0 aromatic carbocycles. The molecule has 0 heterocycles. The first-order chi connectivity index (χ1) is 6.21. The molecule has 0 saturated heterocycles. The van der Waals surface area contributed by atoms with Gasteiger partial charge in [0, 0.05) is 12.8 Å². The van der Waals surface area contributed by atoms with Crippen molar-refractivity contribution in [3.8, 4) is 0 Å². The highest BCUT2D eigenvalue weighted by atomic mass is 16.5. The molecule has 0 unspecified atom stereocenters. The van der Waals surface area contributed by atoms with E-state index in [0.717, 1.165) is 19.3 Å². The quantitative estimate of drug-likeness (QED) is 0.571. The third-order valence-electron chi connectivity index (χ3n) is 2.90. The second-order valence-corrected chi connectivity index (χ2v) is 4.31. The highest BCUT2D eigenvalue weighted by Gasteiger charge is 2.24. The number of hydrogen-bond acceptors (Lipinski definition) is 2. The van der Waals surface area contributed by atoms with E-state index in [1.54, 1.807) is 0 Å². The zero-order valence-electron chi connectivity index (χ0n) is 8.47. The Hall–Kier alpha value is -0.0800. The van der Waals surface area contributed by atoms with E-state index in [0.29, 0.717) is 12.8 Å². The highest BCUT2D eigenvalue weighted by molar-refractivity contribution is 4.69. The van der Waals surface area contributed by atoms with Crippen molar-refractivity contribution in [2.45, 2.75) is 70.0 Å². The Kier molecular flexibility index (Phi) is 4.74. The van der Waals surface area contributed by atoms with Gasteiger partial charge >= 0.3 is 0 Å². The van der Waals surface area contributed by atoms with Crippen molar-refractivity contribution in [1.82, 2.24) is 0 Å². The Balaban J connectivity index is 0.000000145. The molecule has 78 valence electrons. The van der Waals surface area contributed by atoms with E-state index in [-0.39, 0.29) is 0 Å². The predicted octanol–water partition coefficient (Wildman–Crippen LogP) is 2.58. The van der Waals surface area contributed by atoms with Crippen molar-refractivity contribution in [1.29, 1.82) is 0 Å². The molecule has 2 aliphatic rings. The van der Waals surface area contributed by atoms with Crippen molar-refractivity contribution in [3.05, 3.63) is 0 Å². The normalized spacial score (nSPS) is 26.3. The van der Waals surface area contributed by atoms with Gasteiger partial charge in [0.25, 0.3) is 0 Å². The molecule has 2 heteroatoms. The van der Waals surface area contributed by atoms with Crippen molar-refractivity contribution < 1.29 is 10.2 Å². The standard InChI is InChI=1S/C6H12O2.C5H10/c7-6(8)4-2-1-3-5-6;1-2-4-5-3-1/h7-8H,1-5H2;1-5H2. The molecule has 13 heavy (non-hydrogen) atoms. The fourth-order valence-corrected chi connectivity index (χ4v) is 2.00. The Morgan fingerprint density at radius 2 is 0.846 bits per heavy atom. The molecule has 2 aliphatic carbocycles. The number of rotatable bonds is 0. The van der Waals surface area contributed by atoms with Crippen LogP contribution < -0.4 is 0 Å². The molecule has 0 spiro atoms. The van der Waals surface area contributed by atoms with Crippen molar-refractivity contribution in [3.63, 3.8) is 0 Å². The average molecular weight is 186 g/mol. The SMILES string of the molecule is C1CCCC1.OC1(O)CCCCC1. The second kappa shape index (κ2) is 5.61. The van der Waals surface area contributed by atoms with Gasteiger partial charge in [-0.1, -0.05) is 38.5 Å². The molecular weight excluding hydrogens is 164 g/mol. The van der Waals surface area contributed by atoms with Crippen LogP contribution in [0.2, 0.25) is 0 Å². The van der Waals surface area contributed by atoms with E-state index >= 15 is 0 Å². The van der Waals surface area contributed by atoms with Crippen LogP contribution in [0.25, 0.3) is 0 Å². The van der Waals surface area contributed by atoms with Crippen LogP contribution in [0.4, 0.5) is 0 Å². The van der Waals surface area contributed by atoms with Gasteiger partial charge in [0.15, 0.2) is 5.79 Å². The van der Waals surface area contributed by atoms with Crippen LogP contribution in [0.5, 0.6) is 0 Å². The average Bonchev–Trinajstić information content (AvgIpc) is 2.60. The van der Waals surface area contributed by atoms with Crippen LogP contribution in [0.15, 0.2) is 0 Å². The van der Waals surface area contributed by atoms with Crippen molar-refractivity contribution in [2.24, 2.45) is 0 Å². The van der Waals surface area contributed by atoms with Gasteiger partial charge in [-0.3, -0.25) is 0 Å². The van der Waals surface area contributed by atoms with E-state index in [9.17, 15) is 0 Å². The summed E-state index contributed by atoms with van der Waals surface area (Å²) in [6.07, 6.45) is 11.7. The summed E-state index contributed by atoms with van der Waals surface area (Å²) in [5.74, 6) is -1.32. The second-order valence-electron chi connectivity index (χ2n) is 4.31. The fourth-order valence-electron chi connectivity index (χ4n) is 2.00. The van der Waals surface area contributed by atoms with Crippen molar-refractivity contribution >= 4 is 0 Å². The molecule has 2 N–H and O–H groups in total. The number of hydrogen-bond donors (Lipinski definition) is 2. The van der Waals surface area contributed by atoms with E-state index in [1.165, 1.54) is 32.1 Å². The van der Waals surface area contributed by atoms with Crippen LogP contribution in [-0.2, 0) is 0 Å². The molecule has 2 fully saturated rings. The lowest BCUT2D eigenvalue weighted by atomic mass is 9.95. The molecule has 0 amide bonds. The monoisotopic (exact) mass is 186 g/mol. The molecule has 0 aromatic heterocycles. The van der Waals surface area contributed by atoms with Gasteiger partial charge in [-0.25, -0.2) is 0 Å². The topological polar surface area (TPSA) is 40.5 Å². The summed E-state index contributed by atoms with van der Waals surface area (Å²) < 4.78 is 0. The lowest BCUT2D eigenvalue weighted by Crippen LogP contribution is -2.30. The first kappa shape index (κ1) is 11.0. The molecule has 0 aliphatic heterocycles. The molecule has 2 rings (SSSR count). The maximum absolute atomic E-state index is 8.93. The maximum atomic E-state index is 8.93. The summed E-state index contributed by atoms with van der Waals surface area (Å²) in [6, 6.07) is 0. The minimum Gasteiger partial charge on any atom is -0.366 e. The van der Waals surface area contributed by atoms with Crippen LogP contribution in [0.3, 0.4) is 0 Å². The smallest absolute Gasteiger partial charge is 0.162 e. The lowest BCUT2D eigenvalue weighted by Gasteiger charge is -2.25. The zero-order chi connectivity index (χ0) is 9.57. The first-order valence-corrected chi connectivity index (χ1v) is 5.65. The van der Waals surface area contributed by atoms with Gasteiger partial charge in [0.2, 0.25) is 0 Å². The molecule has 0 atom stereocenters. The van der Waals surface area contributed by atoms with E-state index in [4.69, 9.17) is 10.2 Å². The molecule has 0 aromatic rings. The van der Waals surface area contributed by atoms with Crippen LogP contribution in [0.1, 0.15) is 64.2 Å². The van der Waals surface area contributed by atoms with Gasteiger partial charge in [-0.15, -0.1) is 0 Å². The molecule has 0 bridgehead atoms. The third-order valence-corrected chi connectivity index (χ3v) is 2.90. The molecule has 0 radical (unpaired) electrons. The van der Waals surface area contributed by atoms with Gasteiger partial charge in [-0.05, 0) is 12.8 Å². The van der Waals surface area contributed by atoms with E-state index in [2.05, 4.69) is 0 Å². The van der Waals surface area contributed by atoms with Crippen molar-refractivity contribution in [2.75, 3.05) is 0 Å². The Labute approximate surface area is 81.0 Å². The summed E-state index contributed by atoms with van der Waals surface area (Å²) >= 11 is 0. The summed E-state index contributed by atoms with van der Waals surface area (Å²) in [4.78, 5) is 0. The fraction of sp³-hybridized carbons (Fsp3) is 1.00. The summed E-state index contributed by atoms with van der Waals surface area (Å²) in [7, 11) is 0. The Bertz CT molecular complexity index is 112. The zero-order valence-corrected chi connectivity index (χ0v) is 8.47. The summed E-state index contributed by atoms with van der Waals surface area (Å²) in [5, 5.41) is 17.9. The first-order valence-electron chi connectivity index (χ1n) is 5.65. The molecular formula is C11H22O2. The largest absolute Gasteiger partial charge is 0.366 e. The predicted molar refractivity (Wildman–Crippen MR) is 53.3 cm³/mol. The number of aliphatic hydroxyl groups is 2. The van der Waals surface area contributed by atoms with E-state index in [1.807, 2.05) is 0 Å². The molecule has 2 nitrogen and oxygen atoms in total. The Morgan fingerprint density at radius 3 is 1.08 bits per heavy atom. The minimum atomic E-state index is -1.32. The van der Waals surface area contributed by atoms with Gasteiger partial charge < -0.3 is 10.2 Å².